The highest BCUT2D eigenvalue weighted by molar-refractivity contribution is 7.85. The van der Waals surface area contributed by atoms with Crippen molar-refractivity contribution in [1.29, 1.82) is 0 Å². The number of hydrogen-bond acceptors (Lipinski definition) is 4. The smallest absolute Gasteiger partial charge is 0.267 e. The van der Waals surface area contributed by atoms with Gasteiger partial charge in [0, 0.05) is 6.42 Å². The summed E-state index contributed by atoms with van der Waals surface area (Å²) in [4.78, 5) is 12.4. The Morgan fingerprint density at radius 2 is 0.932 bits per heavy atom. The molecule has 1 amide bonds. The molecule has 0 aliphatic carbocycles. The third-order valence-electron chi connectivity index (χ3n) is 8.71. The molecule has 0 aliphatic rings. The molecule has 2 atom stereocenters. The summed E-state index contributed by atoms with van der Waals surface area (Å²) in [5.41, 5.74) is 0. The molecule has 0 rings (SSSR count). The number of allylic oxidation sites excluding steroid dienone is 1. The van der Waals surface area contributed by atoms with Crippen molar-refractivity contribution in [3.63, 3.8) is 0 Å². The summed E-state index contributed by atoms with van der Waals surface area (Å²) in [5, 5.41) is 13.2. The molecule has 0 fully saturated rings. The Labute approximate surface area is 273 Å². The van der Waals surface area contributed by atoms with Gasteiger partial charge in [-0.3, -0.25) is 9.35 Å². The average Bonchev–Trinajstić information content (AvgIpc) is 2.98. The Kier molecular flexibility index (Phi) is 31.4. The molecule has 7 heteroatoms. The van der Waals surface area contributed by atoms with Gasteiger partial charge < -0.3 is 10.4 Å². The second-order valence-corrected chi connectivity index (χ2v) is 14.7. The number of carbonyl (C=O) groups is 1. The first kappa shape index (κ1) is 43.1. The van der Waals surface area contributed by atoms with Crippen molar-refractivity contribution in [2.75, 3.05) is 5.75 Å². The van der Waals surface area contributed by atoms with E-state index in [9.17, 15) is 22.9 Å². The maximum atomic E-state index is 12.4. The molecule has 0 aromatic carbocycles. The van der Waals surface area contributed by atoms with E-state index < -0.39 is 28.0 Å². The lowest BCUT2D eigenvalue weighted by molar-refractivity contribution is -0.122. The van der Waals surface area contributed by atoms with Crippen LogP contribution in [-0.4, -0.2) is 41.9 Å². The molecule has 0 saturated carbocycles. The molecular weight excluding hydrogens is 570 g/mol. The zero-order valence-corrected chi connectivity index (χ0v) is 29.9. The SMILES string of the molecule is CCCCCCCCCCCCCCCCCC/C=C/C(O)C(CS(=O)(=O)O)NC(=O)CCCCCCCCCCCCC. The lowest BCUT2D eigenvalue weighted by Gasteiger charge is -2.21. The van der Waals surface area contributed by atoms with Crippen LogP contribution >= 0.6 is 0 Å². The van der Waals surface area contributed by atoms with Gasteiger partial charge in [-0.1, -0.05) is 187 Å². The first-order valence-electron chi connectivity index (χ1n) is 18.9. The van der Waals surface area contributed by atoms with Crippen LogP contribution in [0.15, 0.2) is 12.2 Å². The minimum Gasteiger partial charge on any atom is -0.387 e. The molecule has 0 bridgehead atoms. The summed E-state index contributed by atoms with van der Waals surface area (Å²) >= 11 is 0. The van der Waals surface area contributed by atoms with Crippen LogP contribution in [0, 0.1) is 0 Å². The van der Waals surface area contributed by atoms with Gasteiger partial charge in [0.1, 0.15) is 0 Å². The van der Waals surface area contributed by atoms with Crippen LogP contribution < -0.4 is 5.32 Å². The Hall–Kier alpha value is -0.920. The Bertz CT molecular complexity index is 755. The number of nitrogens with one attached hydrogen (secondary N) is 1. The summed E-state index contributed by atoms with van der Waals surface area (Å²) in [5.74, 6) is -0.971. The van der Waals surface area contributed by atoms with Crippen LogP contribution in [0.3, 0.4) is 0 Å². The van der Waals surface area contributed by atoms with E-state index in [0.717, 1.165) is 38.5 Å². The van der Waals surface area contributed by atoms with Crippen molar-refractivity contribution >= 4 is 16.0 Å². The van der Waals surface area contributed by atoms with Gasteiger partial charge in [-0.15, -0.1) is 0 Å². The minimum absolute atomic E-state index is 0.278. The zero-order valence-electron chi connectivity index (χ0n) is 29.1. The van der Waals surface area contributed by atoms with Gasteiger partial charge in [-0.25, -0.2) is 0 Å². The van der Waals surface area contributed by atoms with Crippen LogP contribution in [0.4, 0.5) is 0 Å². The van der Waals surface area contributed by atoms with Crippen LogP contribution in [0.5, 0.6) is 0 Å². The van der Waals surface area contributed by atoms with Crippen LogP contribution in [0.1, 0.15) is 200 Å². The van der Waals surface area contributed by atoms with Crippen LogP contribution in [0.25, 0.3) is 0 Å². The van der Waals surface area contributed by atoms with Gasteiger partial charge in [0.25, 0.3) is 10.1 Å². The van der Waals surface area contributed by atoms with Crippen molar-refractivity contribution in [3.05, 3.63) is 12.2 Å². The quantitative estimate of drug-likeness (QED) is 0.0368. The van der Waals surface area contributed by atoms with Crippen molar-refractivity contribution in [2.45, 2.75) is 212 Å². The molecule has 0 aliphatic heterocycles. The third kappa shape index (κ3) is 32.5. The highest BCUT2D eigenvalue weighted by atomic mass is 32.2. The fourth-order valence-corrected chi connectivity index (χ4v) is 6.60. The van der Waals surface area contributed by atoms with Gasteiger partial charge in [0.15, 0.2) is 0 Å². The van der Waals surface area contributed by atoms with Gasteiger partial charge in [0.05, 0.1) is 17.9 Å². The highest BCUT2D eigenvalue weighted by Gasteiger charge is 2.24. The lowest BCUT2D eigenvalue weighted by atomic mass is 10.0. The van der Waals surface area contributed by atoms with Crippen molar-refractivity contribution in [2.24, 2.45) is 0 Å². The van der Waals surface area contributed by atoms with E-state index in [-0.39, 0.29) is 5.91 Å². The van der Waals surface area contributed by atoms with Gasteiger partial charge in [0.2, 0.25) is 5.91 Å². The van der Waals surface area contributed by atoms with E-state index in [4.69, 9.17) is 0 Å². The fourth-order valence-electron chi connectivity index (χ4n) is 5.86. The number of carbonyl (C=O) groups excluding carboxylic acids is 1. The molecule has 2 unspecified atom stereocenters. The molecule has 0 aromatic rings. The van der Waals surface area contributed by atoms with E-state index >= 15 is 0 Å². The molecule has 0 aromatic heterocycles. The molecule has 262 valence electrons. The number of unbranched alkanes of at least 4 members (excludes halogenated alkanes) is 26. The average molecular weight is 644 g/mol. The maximum Gasteiger partial charge on any atom is 0.267 e. The predicted octanol–water partition coefficient (Wildman–Crippen LogP) is 10.6. The van der Waals surface area contributed by atoms with Crippen molar-refractivity contribution in [1.82, 2.24) is 5.32 Å². The van der Waals surface area contributed by atoms with Crippen LogP contribution in [-0.2, 0) is 14.9 Å². The van der Waals surface area contributed by atoms with E-state index in [0.29, 0.717) is 6.42 Å². The number of aliphatic hydroxyl groups is 1. The van der Waals surface area contributed by atoms with Crippen LogP contribution in [0.2, 0.25) is 0 Å². The Morgan fingerprint density at radius 3 is 1.30 bits per heavy atom. The van der Waals surface area contributed by atoms with Gasteiger partial charge in [-0.05, 0) is 19.3 Å². The molecule has 0 heterocycles. The van der Waals surface area contributed by atoms with Gasteiger partial charge >= 0.3 is 0 Å². The van der Waals surface area contributed by atoms with E-state index in [1.165, 1.54) is 141 Å². The Morgan fingerprint density at radius 1 is 0.591 bits per heavy atom. The summed E-state index contributed by atoms with van der Waals surface area (Å²) in [6, 6.07) is -1.05. The number of rotatable bonds is 34. The van der Waals surface area contributed by atoms with Gasteiger partial charge in [-0.2, -0.15) is 8.42 Å². The molecular formula is C37H73NO5S. The minimum atomic E-state index is -4.33. The largest absolute Gasteiger partial charge is 0.387 e. The number of aliphatic hydroxyl groups excluding tert-OH is 1. The molecule has 0 spiro atoms. The first-order chi connectivity index (χ1) is 21.3. The topological polar surface area (TPSA) is 104 Å². The Balaban J connectivity index is 3.92. The summed E-state index contributed by atoms with van der Waals surface area (Å²) in [6.07, 6.45) is 37.7. The van der Waals surface area contributed by atoms with E-state index in [1.54, 1.807) is 6.08 Å². The molecule has 6 nitrogen and oxygen atoms in total. The first-order valence-corrected chi connectivity index (χ1v) is 20.5. The molecule has 0 saturated heterocycles. The second-order valence-electron chi connectivity index (χ2n) is 13.2. The normalized spacial score (nSPS) is 13.5. The van der Waals surface area contributed by atoms with E-state index in [2.05, 4.69) is 19.2 Å². The molecule has 3 N–H and O–H groups in total. The van der Waals surface area contributed by atoms with Crippen molar-refractivity contribution < 1.29 is 22.9 Å². The second kappa shape index (κ2) is 32.0. The zero-order chi connectivity index (χ0) is 32.6. The maximum absolute atomic E-state index is 12.4. The highest BCUT2D eigenvalue weighted by Crippen LogP contribution is 2.15. The van der Waals surface area contributed by atoms with Crippen molar-refractivity contribution in [3.8, 4) is 0 Å². The summed E-state index contributed by atoms with van der Waals surface area (Å²) in [6.45, 7) is 4.50. The monoisotopic (exact) mass is 644 g/mol. The number of hydrogen-bond donors (Lipinski definition) is 3. The van der Waals surface area contributed by atoms with E-state index in [1.807, 2.05) is 6.08 Å². The fraction of sp³-hybridized carbons (Fsp3) is 0.919. The summed E-state index contributed by atoms with van der Waals surface area (Å²) < 4.78 is 32.3. The summed E-state index contributed by atoms with van der Waals surface area (Å²) in [7, 11) is -4.33. The third-order valence-corrected chi connectivity index (χ3v) is 9.49. The lowest BCUT2D eigenvalue weighted by Crippen LogP contribution is -2.46. The predicted molar refractivity (Wildman–Crippen MR) is 189 cm³/mol. The number of amides is 1. The molecule has 44 heavy (non-hydrogen) atoms. The standard InChI is InChI=1S/C37H73NO5S/c1-3-5-7-9-11-13-15-16-17-18-19-20-21-23-24-26-28-30-32-36(39)35(34-44(41,42)43)38-37(40)33-31-29-27-25-22-14-12-10-8-6-4-2/h30,32,35-36,39H,3-29,31,33-34H2,1-2H3,(H,38,40)(H,41,42,43)/b32-30+. The molecule has 0 radical (unpaired) electrons.